The van der Waals surface area contributed by atoms with Crippen LogP contribution in [0.2, 0.25) is 0 Å². The highest BCUT2D eigenvalue weighted by Crippen LogP contribution is 2.24. The summed E-state index contributed by atoms with van der Waals surface area (Å²) in [6.07, 6.45) is 0.984. The van der Waals surface area contributed by atoms with Gasteiger partial charge in [-0.2, -0.15) is 0 Å². The summed E-state index contributed by atoms with van der Waals surface area (Å²) in [6, 6.07) is 13.0. The molecule has 0 heterocycles. The van der Waals surface area contributed by atoms with Crippen molar-refractivity contribution < 1.29 is 0 Å². The third kappa shape index (κ3) is 1.88. The van der Waals surface area contributed by atoms with Crippen molar-refractivity contribution in [2.75, 3.05) is 0 Å². The second kappa shape index (κ2) is 4.03. The molecular weight excluding hydrogens is 182 g/mol. The van der Waals surface area contributed by atoms with Gasteiger partial charge >= 0.3 is 0 Å². The van der Waals surface area contributed by atoms with Gasteiger partial charge in [-0.15, -0.1) is 0 Å². The van der Waals surface area contributed by atoms with Gasteiger partial charge in [-0.3, -0.25) is 0 Å². The van der Waals surface area contributed by atoms with Crippen molar-refractivity contribution in [3.63, 3.8) is 0 Å². The van der Waals surface area contributed by atoms with Crippen LogP contribution >= 0.6 is 0 Å². The Kier molecular flexibility index (Phi) is 2.74. The van der Waals surface area contributed by atoms with E-state index < -0.39 is 0 Å². The van der Waals surface area contributed by atoms with Crippen LogP contribution in [0.5, 0.6) is 0 Å². The fourth-order valence-corrected chi connectivity index (χ4v) is 1.98. The third-order valence-corrected chi connectivity index (χ3v) is 2.96. The molecule has 1 atom stereocenters. The summed E-state index contributed by atoms with van der Waals surface area (Å²) in [6.45, 7) is 4.27. The molecule has 1 heteroatoms. The summed E-state index contributed by atoms with van der Waals surface area (Å²) in [7, 11) is 0. The summed E-state index contributed by atoms with van der Waals surface area (Å²) < 4.78 is 0. The van der Waals surface area contributed by atoms with Crippen LogP contribution in [0.25, 0.3) is 10.8 Å². The molecule has 0 aliphatic heterocycles. The van der Waals surface area contributed by atoms with Gasteiger partial charge in [0.1, 0.15) is 0 Å². The van der Waals surface area contributed by atoms with E-state index in [4.69, 9.17) is 5.73 Å². The lowest BCUT2D eigenvalue weighted by Gasteiger charge is -2.12. The van der Waals surface area contributed by atoms with Crippen LogP contribution in [0.1, 0.15) is 30.5 Å². The zero-order chi connectivity index (χ0) is 10.8. The molecule has 0 saturated carbocycles. The maximum atomic E-state index is 6.05. The zero-order valence-electron chi connectivity index (χ0n) is 9.33. The number of hydrogen-bond acceptors (Lipinski definition) is 1. The fraction of sp³-hybridized carbons (Fsp3) is 0.286. The van der Waals surface area contributed by atoms with E-state index >= 15 is 0 Å². The number of rotatable bonds is 2. The molecule has 15 heavy (non-hydrogen) atoms. The van der Waals surface area contributed by atoms with Gasteiger partial charge in [0, 0.05) is 6.04 Å². The van der Waals surface area contributed by atoms with E-state index in [9.17, 15) is 0 Å². The molecule has 2 aromatic rings. The van der Waals surface area contributed by atoms with Crippen LogP contribution in [-0.2, 0) is 0 Å². The molecule has 0 spiro atoms. The number of fused-ring (bicyclic) bond motifs is 1. The van der Waals surface area contributed by atoms with E-state index in [1.54, 1.807) is 0 Å². The molecule has 0 saturated heterocycles. The monoisotopic (exact) mass is 199 g/mol. The Hall–Kier alpha value is -1.34. The quantitative estimate of drug-likeness (QED) is 0.786. The van der Waals surface area contributed by atoms with Crippen LogP contribution in [0.3, 0.4) is 0 Å². The van der Waals surface area contributed by atoms with Gasteiger partial charge in [-0.05, 0) is 41.3 Å². The molecule has 0 radical (unpaired) electrons. The van der Waals surface area contributed by atoms with E-state index in [1.165, 1.54) is 21.9 Å². The number of hydrogen-bond donors (Lipinski definition) is 1. The minimum Gasteiger partial charge on any atom is -0.324 e. The first-order chi connectivity index (χ1) is 7.22. The highest BCUT2D eigenvalue weighted by Gasteiger charge is 2.05. The normalized spacial score (nSPS) is 13.0. The molecule has 0 amide bonds. The van der Waals surface area contributed by atoms with Crippen LogP contribution in [0.15, 0.2) is 36.4 Å². The van der Waals surface area contributed by atoms with Gasteiger partial charge in [0.2, 0.25) is 0 Å². The minimum atomic E-state index is 0.160. The summed E-state index contributed by atoms with van der Waals surface area (Å²) in [5, 5.41) is 2.61. The Morgan fingerprint density at radius 3 is 2.67 bits per heavy atom. The van der Waals surface area contributed by atoms with Crippen molar-refractivity contribution in [3.05, 3.63) is 47.5 Å². The van der Waals surface area contributed by atoms with Crippen molar-refractivity contribution in [3.8, 4) is 0 Å². The molecule has 0 aliphatic carbocycles. The van der Waals surface area contributed by atoms with E-state index in [-0.39, 0.29) is 6.04 Å². The Labute approximate surface area is 90.9 Å². The highest BCUT2D eigenvalue weighted by molar-refractivity contribution is 5.86. The van der Waals surface area contributed by atoms with E-state index in [0.717, 1.165) is 6.42 Å². The van der Waals surface area contributed by atoms with Gasteiger partial charge in [0.25, 0.3) is 0 Å². The smallest absolute Gasteiger partial charge is 0.0292 e. The average Bonchev–Trinajstić information content (AvgIpc) is 2.28. The molecule has 1 nitrogen and oxygen atoms in total. The number of benzene rings is 2. The van der Waals surface area contributed by atoms with Gasteiger partial charge in [0.15, 0.2) is 0 Å². The van der Waals surface area contributed by atoms with Gasteiger partial charge in [-0.1, -0.05) is 37.3 Å². The molecule has 0 aliphatic rings. The van der Waals surface area contributed by atoms with E-state index in [2.05, 4.69) is 50.2 Å². The molecule has 1 unspecified atom stereocenters. The maximum absolute atomic E-state index is 6.05. The second-order valence-corrected chi connectivity index (χ2v) is 4.07. The summed E-state index contributed by atoms with van der Waals surface area (Å²) >= 11 is 0. The molecule has 0 fully saturated rings. The van der Waals surface area contributed by atoms with Crippen molar-refractivity contribution in [2.45, 2.75) is 26.3 Å². The lowest BCUT2D eigenvalue weighted by molar-refractivity contribution is 0.699. The minimum absolute atomic E-state index is 0.160. The van der Waals surface area contributed by atoms with Crippen molar-refractivity contribution in [2.24, 2.45) is 5.73 Å². The van der Waals surface area contributed by atoms with Crippen LogP contribution in [0, 0.1) is 6.92 Å². The van der Waals surface area contributed by atoms with Gasteiger partial charge in [0.05, 0.1) is 0 Å². The molecule has 0 bridgehead atoms. The largest absolute Gasteiger partial charge is 0.324 e. The standard InChI is InChI=1S/C14H17N/c1-3-14(15)12-8-10(2)13-7-5-4-6-11(13)9-12/h4-9,14H,3,15H2,1-2H3. The second-order valence-electron chi connectivity index (χ2n) is 4.07. The van der Waals surface area contributed by atoms with Crippen LogP contribution in [0.4, 0.5) is 0 Å². The van der Waals surface area contributed by atoms with Crippen LogP contribution in [-0.4, -0.2) is 0 Å². The lowest BCUT2D eigenvalue weighted by Crippen LogP contribution is -2.08. The summed E-state index contributed by atoms with van der Waals surface area (Å²) in [4.78, 5) is 0. The van der Waals surface area contributed by atoms with E-state index in [0.29, 0.717) is 0 Å². The molecule has 2 aromatic carbocycles. The molecule has 0 aromatic heterocycles. The summed E-state index contributed by atoms with van der Waals surface area (Å²) in [5.41, 5.74) is 8.61. The van der Waals surface area contributed by atoms with Crippen LogP contribution < -0.4 is 5.73 Å². The summed E-state index contributed by atoms with van der Waals surface area (Å²) in [5.74, 6) is 0. The maximum Gasteiger partial charge on any atom is 0.0292 e. The number of nitrogens with two attached hydrogens (primary N) is 1. The Morgan fingerprint density at radius 2 is 1.93 bits per heavy atom. The van der Waals surface area contributed by atoms with Crippen molar-refractivity contribution >= 4 is 10.8 Å². The first-order valence-corrected chi connectivity index (χ1v) is 5.47. The predicted octanol–water partition coefficient (Wildman–Crippen LogP) is 3.56. The Balaban J connectivity index is 2.62. The lowest BCUT2D eigenvalue weighted by atomic mass is 9.97. The Bertz CT molecular complexity index is 474. The molecule has 2 rings (SSSR count). The Morgan fingerprint density at radius 1 is 1.20 bits per heavy atom. The average molecular weight is 199 g/mol. The molecule has 2 N–H and O–H groups in total. The number of aryl methyl sites for hydroxylation is 1. The fourth-order valence-electron chi connectivity index (χ4n) is 1.98. The zero-order valence-corrected chi connectivity index (χ0v) is 9.33. The molecular formula is C14H17N. The molecule has 78 valence electrons. The highest BCUT2D eigenvalue weighted by atomic mass is 14.6. The van der Waals surface area contributed by atoms with Gasteiger partial charge < -0.3 is 5.73 Å². The van der Waals surface area contributed by atoms with Crippen molar-refractivity contribution in [1.29, 1.82) is 0 Å². The predicted molar refractivity (Wildman–Crippen MR) is 65.9 cm³/mol. The SMILES string of the molecule is CCC(N)c1cc(C)c2ccccc2c1. The third-order valence-electron chi connectivity index (χ3n) is 2.96. The van der Waals surface area contributed by atoms with Crippen molar-refractivity contribution in [1.82, 2.24) is 0 Å². The van der Waals surface area contributed by atoms with E-state index in [1.807, 2.05) is 0 Å². The topological polar surface area (TPSA) is 26.0 Å². The van der Waals surface area contributed by atoms with Gasteiger partial charge in [-0.25, -0.2) is 0 Å². The first kappa shape index (κ1) is 10.2. The first-order valence-electron chi connectivity index (χ1n) is 5.47.